The highest BCUT2D eigenvalue weighted by Crippen LogP contribution is 2.67. The Balaban J connectivity index is 2.49. The van der Waals surface area contributed by atoms with E-state index in [2.05, 4.69) is 6.58 Å². The van der Waals surface area contributed by atoms with Crippen molar-refractivity contribution in [2.45, 2.75) is 44.7 Å². The summed E-state index contributed by atoms with van der Waals surface area (Å²) in [4.78, 5) is 24.4. The van der Waals surface area contributed by atoms with Gasteiger partial charge in [0.1, 0.15) is 0 Å². The predicted molar refractivity (Wildman–Crippen MR) is 68.6 cm³/mol. The molecule has 0 heterocycles. The molecule has 136 valence electrons. The molecule has 0 amide bonds. The van der Waals surface area contributed by atoms with E-state index in [1.807, 2.05) is 0 Å². The molecule has 0 N–H and O–H groups in total. The number of ketones is 2. The Morgan fingerprint density at radius 3 is 2.04 bits per heavy atom. The summed E-state index contributed by atoms with van der Waals surface area (Å²) in [6.45, 7) is 6.45. The number of hydrogen-bond acceptors (Lipinski definition) is 2. The van der Waals surface area contributed by atoms with E-state index in [0.717, 1.165) is 0 Å². The molecule has 24 heavy (non-hydrogen) atoms. The first kappa shape index (κ1) is 18.9. The maximum absolute atomic E-state index is 13.7. The molecule has 3 unspecified atom stereocenters. The highest BCUT2D eigenvalue weighted by Gasteiger charge is 2.79. The summed E-state index contributed by atoms with van der Waals surface area (Å²) in [6, 6.07) is 0. The van der Waals surface area contributed by atoms with Crippen LogP contribution in [0.15, 0.2) is 12.7 Å². The normalized spacial score (nSPS) is 33.0. The highest BCUT2D eigenvalue weighted by atomic mass is 19.4. The van der Waals surface area contributed by atoms with Gasteiger partial charge in [-0.1, -0.05) is 19.9 Å². The summed E-state index contributed by atoms with van der Waals surface area (Å²) < 4.78 is 90.5. The zero-order valence-corrected chi connectivity index (χ0v) is 12.8. The maximum Gasteiger partial charge on any atom is 0.460 e. The largest absolute Gasteiger partial charge is 0.460 e. The molecule has 0 aromatic carbocycles. The van der Waals surface area contributed by atoms with E-state index in [-0.39, 0.29) is 12.8 Å². The van der Waals surface area contributed by atoms with Crippen molar-refractivity contribution in [3.05, 3.63) is 12.7 Å². The number of hydrogen-bond donors (Lipinski definition) is 0. The molecule has 0 radical (unpaired) electrons. The minimum absolute atomic E-state index is 0.0921. The number of halogens is 7. The fourth-order valence-electron chi connectivity index (χ4n) is 4.18. The lowest BCUT2D eigenvalue weighted by Crippen LogP contribution is -2.59. The molecule has 9 heteroatoms. The summed E-state index contributed by atoms with van der Waals surface area (Å²) in [5.74, 6) is -19.5. The van der Waals surface area contributed by atoms with Gasteiger partial charge in [-0.3, -0.25) is 9.59 Å². The van der Waals surface area contributed by atoms with E-state index in [4.69, 9.17) is 0 Å². The number of carbonyl (C=O) groups excluding carboxylic acids is 2. The van der Waals surface area contributed by atoms with E-state index >= 15 is 0 Å². The van der Waals surface area contributed by atoms with Crippen molar-refractivity contribution in [3.8, 4) is 0 Å². The molecule has 3 atom stereocenters. The van der Waals surface area contributed by atoms with Gasteiger partial charge in [-0.2, -0.15) is 30.7 Å². The van der Waals surface area contributed by atoms with E-state index in [9.17, 15) is 40.3 Å². The Morgan fingerprint density at radius 2 is 1.67 bits per heavy atom. The van der Waals surface area contributed by atoms with Crippen LogP contribution in [0.5, 0.6) is 0 Å². The van der Waals surface area contributed by atoms with Crippen molar-refractivity contribution < 1.29 is 40.3 Å². The zero-order chi connectivity index (χ0) is 18.9. The van der Waals surface area contributed by atoms with Gasteiger partial charge < -0.3 is 0 Å². The Morgan fingerprint density at radius 1 is 1.17 bits per heavy atom. The molecule has 2 nitrogen and oxygen atoms in total. The topological polar surface area (TPSA) is 34.1 Å². The van der Waals surface area contributed by atoms with Crippen LogP contribution < -0.4 is 0 Å². The number of rotatable bonds is 4. The first-order valence-corrected chi connectivity index (χ1v) is 7.14. The lowest BCUT2D eigenvalue weighted by molar-refractivity contribution is -0.344. The Kier molecular flexibility index (Phi) is 3.80. The third-order valence-electron chi connectivity index (χ3n) is 5.74. The molecule has 2 aliphatic carbocycles. The van der Waals surface area contributed by atoms with E-state index in [0.29, 0.717) is 0 Å². The van der Waals surface area contributed by atoms with Crippen LogP contribution in [-0.2, 0) is 9.59 Å². The molecule has 0 aliphatic heterocycles. The van der Waals surface area contributed by atoms with Crippen LogP contribution in [0.4, 0.5) is 30.7 Å². The summed E-state index contributed by atoms with van der Waals surface area (Å²) >= 11 is 0. The van der Waals surface area contributed by atoms with Crippen molar-refractivity contribution in [1.82, 2.24) is 0 Å². The van der Waals surface area contributed by atoms with Gasteiger partial charge in [0.15, 0.2) is 5.78 Å². The maximum atomic E-state index is 13.7. The second kappa shape index (κ2) is 4.82. The summed E-state index contributed by atoms with van der Waals surface area (Å²) in [5.41, 5.74) is -2.41. The van der Waals surface area contributed by atoms with Crippen LogP contribution in [0, 0.1) is 22.7 Å². The van der Waals surface area contributed by atoms with E-state index in [1.165, 1.54) is 19.9 Å². The monoisotopic (exact) mass is 360 g/mol. The van der Waals surface area contributed by atoms with Crippen molar-refractivity contribution in [2.75, 3.05) is 0 Å². The third-order valence-corrected chi connectivity index (χ3v) is 5.74. The summed E-state index contributed by atoms with van der Waals surface area (Å²) in [5, 5.41) is 0. The predicted octanol–water partition coefficient (Wildman–Crippen LogP) is 4.20. The fourth-order valence-corrected chi connectivity index (χ4v) is 4.18. The average Bonchev–Trinajstić information content (AvgIpc) is 2.78. The smallest absolute Gasteiger partial charge is 0.298 e. The average molecular weight is 360 g/mol. The zero-order valence-electron chi connectivity index (χ0n) is 12.8. The van der Waals surface area contributed by atoms with Crippen LogP contribution >= 0.6 is 0 Å². The van der Waals surface area contributed by atoms with Crippen LogP contribution in [0.1, 0.15) is 26.7 Å². The number of Topliss-reactive ketones (excluding diaryl/α,β-unsaturated/α-hetero) is 2. The SMILES string of the molecule is C=CC12CCC(C(C(=O)C(F)(F)C(F)(F)C(F)(F)F)C1=O)C2(C)C. The van der Waals surface area contributed by atoms with Gasteiger partial charge in [0.2, 0.25) is 5.78 Å². The fraction of sp³-hybridized carbons (Fsp3) is 0.733. The summed E-state index contributed by atoms with van der Waals surface area (Å²) in [7, 11) is 0. The van der Waals surface area contributed by atoms with Gasteiger partial charge in [0, 0.05) is 0 Å². The molecule has 0 saturated heterocycles. The first-order valence-electron chi connectivity index (χ1n) is 7.14. The minimum Gasteiger partial charge on any atom is -0.298 e. The lowest BCUT2D eigenvalue weighted by atomic mass is 9.69. The van der Waals surface area contributed by atoms with Crippen LogP contribution in [0.25, 0.3) is 0 Å². The van der Waals surface area contributed by atoms with Crippen molar-refractivity contribution >= 4 is 11.6 Å². The molecule has 2 rings (SSSR count). The molecule has 2 saturated carbocycles. The van der Waals surface area contributed by atoms with Crippen LogP contribution in [-0.4, -0.2) is 29.6 Å². The van der Waals surface area contributed by atoms with Crippen molar-refractivity contribution in [3.63, 3.8) is 0 Å². The summed E-state index contributed by atoms with van der Waals surface area (Å²) in [6.07, 6.45) is -5.14. The van der Waals surface area contributed by atoms with E-state index in [1.54, 1.807) is 0 Å². The first-order chi connectivity index (χ1) is 10.6. The van der Waals surface area contributed by atoms with Gasteiger partial charge in [-0.15, -0.1) is 6.58 Å². The lowest BCUT2D eigenvalue weighted by Gasteiger charge is -2.33. The van der Waals surface area contributed by atoms with Gasteiger partial charge in [-0.25, -0.2) is 0 Å². The van der Waals surface area contributed by atoms with Gasteiger partial charge >= 0.3 is 18.0 Å². The molecule has 2 aliphatic rings. The number of alkyl halides is 7. The third kappa shape index (κ3) is 1.89. The molecule has 0 aromatic rings. The Hall–Kier alpha value is -1.41. The second-order valence-corrected chi connectivity index (χ2v) is 6.90. The van der Waals surface area contributed by atoms with Gasteiger partial charge in [0.05, 0.1) is 11.3 Å². The molecule has 2 bridgehead atoms. The standard InChI is InChI=1S/C15H15F7O2/c1-4-12-6-5-7(11(12,2)3)8(9(12)23)10(24)13(16,17)14(18,19)15(20,21)22/h4,7-8H,1,5-6H2,2-3H3. The van der Waals surface area contributed by atoms with Crippen molar-refractivity contribution in [1.29, 1.82) is 0 Å². The number of fused-ring (bicyclic) bond motifs is 2. The van der Waals surface area contributed by atoms with Gasteiger partial charge in [0.25, 0.3) is 0 Å². The molecule has 0 aromatic heterocycles. The Bertz CT molecular complexity index is 605. The molecular formula is C15H15F7O2. The number of carbonyl (C=O) groups is 2. The molecule has 0 spiro atoms. The quantitative estimate of drug-likeness (QED) is 0.428. The minimum atomic E-state index is -6.61. The van der Waals surface area contributed by atoms with Gasteiger partial charge in [-0.05, 0) is 24.2 Å². The highest BCUT2D eigenvalue weighted by molar-refractivity contribution is 6.11. The number of allylic oxidation sites excluding steroid dienone is 1. The Labute approximate surface area is 133 Å². The van der Waals surface area contributed by atoms with Crippen LogP contribution in [0.2, 0.25) is 0 Å². The van der Waals surface area contributed by atoms with Crippen LogP contribution in [0.3, 0.4) is 0 Å². The molecule has 2 fully saturated rings. The van der Waals surface area contributed by atoms with E-state index < -0.39 is 52.3 Å². The van der Waals surface area contributed by atoms with Crippen molar-refractivity contribution in [2.24, 2.45) is 22.7 Å². The molecular weight excluding hydrogens is 345 g/mol. The second-order valence-electron chi connectivity index (χ2n) is 6.90.